The van der Waals surface area contributed by atoms with Crippen molar-refractivity contribution in [1.82, 2.24) is 5.32 Å². The number of nitrogens with zero attached hydrogens (tertiary/aromatic N) is 1. The third-order valence-electron chi connectivity index (χ3n) is 4.24. The summed E-state index contributed by atoms with van der Waals surface area (Å²) >= 11 is 0. The molecule has 124 valence electrons. The lowest BCUT2D eigenvalue weighted by Gasteiger charge is -2.14. The highest BCUT2D eigenvalue weighted by molar-refractivity contribution is 5.77. The third-order valence-corrected chi connectivity index (χ3v) is 4.24. The van der Waals surface area contributed by atoms with Crippen LogP contribution in [-0.2, 0) is 11.2 Å². The topological polar surface area (TPSA) is 84.3 Å². The number of nitro benzene ring substituents is 1. The summed E-state index contributed by atoms with van der Waals surface area (Å²) in [4.78, 5) is 22.7. The molecular formula is C18H19N3O3. The Kier molecular flexibility index (Phi) is 4.74. The quantitative estimate of drug-likeness (QED) is 0.631. The molecule has 2 aromatic carbocycles. The molecule has 0 heterocycles. The number of rotatable bonds is 6. The van der Waals surface area contributed by atoms with Crippen molar-refractivity contribution in [2.45, 2.75) is 25.3 Å². The molecule has 3 rings (SSSR count). The molecule has 24 heavy (non-hydrogen) atoms. The molecule has 0 saturated heterocycles. The highest BCUT2D eigenvalue weighted by atomic mass is 16.6. The van der Waals surface area contributed by atoms with Crippen LogP contribution in [0.25, 0.3) is 0 Å². The van der Waals surface area contributed by atoms with Crippen LogP contribution in [0.5, 0.6) is 0 Å². The Balaban J connectivity index is 1.51. The predicted molar refractivity (Wildman–Crippen MR) is 91.8 cm³/mol. The van der Waals surface area contributed by atoms with Gasteiger partial charge >= 0.3 is 0 Å². The first-order valence-electron chi connectivity index (χ1n) is 7.99. The molecule has 0 aromatic heterocycles. The van der Waals surface area contributed by atoms with E-state index in [4.69, 9.17) is 0 Å². The fourth-order valence-electron chi connectivity index (χ4n) is 3.07. The maximum absolute atomic E-state index is 12.1. The van der Waals surface area contributed by atoms with Crippen LogP contribution in [0.15, 0.2) is 48.5 Å². The molecule has 0 radical (unpaired) electrons. The van der Waals surface area contributed by atoms with E-state index in [0.717, 1.165) is 12.8 Å². The third kappa shape index (κ3) is 3.53. The van der Waals surface area contributed by atoms with Crippen molar-refractivity contribution in [3.63, 3.8) is 0 Å². The fourth-order valence-corrected chi connectivity index (χ4v) is 3.07. The lowest BCUT2D eigenvalue weighted by molar-refractivity contribution is -0.384. The van der Waals surface area contributed by atoms with Crippen LogP contribution in [-0.4, -0.2) is 17.4 Å². The Labute approximate surface area is 140 Å². The number of carbonyl (C=O) groups excluding carboxylic acids is 1. The highest BCUT2D eigenvalue weighted by Crippen LogP contribution is 2.30. The molecule has 1 aliphatic rings. The number of para-hydroxylation sites is 2. The molecule has 0 saturated carbocycles. The second-order valence-corrected chi connectivity index (χ2v) is 5.81. The average Bonchev–Trinajstić information content (AvgIpc) is 2.98. The Morgan fingerprint density at radius 1 is 1.17 bits per heavy atom. The zero-order valence-corrected chi connectivity index (χ0v) is 13.2. The zero-order chi connectivity index (χ0) is 16.9. The van der Waals surface area contributed by atoms with Gasteiger partial charge < -0.3 is 10.6 Å². The maximum atomic E-state index is 12.1. The largest absolute Gasteiger partial charge is 0.379 e. The van der Waals surface area contributed by atoms with Gasteiger partial charge in [-0.05, 0) is 30.0 Å². The van der Waals surface area contributed by atoms with Crippen molar-refractivity contribution in [2.24, 2.45) is 0 Å². The van der Waals surface area contributed by atoms with E-state index in [9.17, 15) is 14.9 Å². The van der Waals surface area contributed by atoms with Crippen LogP contribution in [0.2, 0.25) is 0 Å². The van der Waals surface area contributed by atoms with Crippen LogP contribution < -0.4 is 10.6 Å². The number of nitro groups is 1. The van der Waals surface area contributed by atoms with E-state index in [2.05, 4.69) is 22.8 Å². The lowest BCUT2D eigenvalue weighted by atomic mass is 10.1. The van der Waals surface area contributed by atoms with E-state index in [1.165, 1.54) is 17.2 Å². The minimum absolute atomic E-state index is 0.0163. The summed E-state index contributed by atoms with van der Waals surface area (Å²) in [5, 5.41) is 17.0. The molecule has 2 N–H and O–H groups in total. The molecular weight excluding hydrogens is 306 g/mol. The van der Waals surface area contributed by atoms with Crippen molar-refractivity contribution >= 4 is 17.3 Å². The molecule has 0 fully saturated rings. The number of hydrogen-bond acceptors (Lipinski definition) is 4. The van der Waals surface area contributed by atoms with Crippen LogP contribution in [0.4, 0.5) is 11.4 Å². The number of amides is 1. The summed E-state index contributed by atoms with van der Waals surface area (Å²) in [7, 11) is 0. The molecule has 2 aromatic rings. The normalized spacial score (nSPS) is 15.6. The van der Waals surface area contributed by atoms with Gasteiger partial charge in [-0.3, -0.25) is 14.9 Å². The molecule has 1 amide bonds. The fraction of sp³-hybridized carbons (Fsp3) is 0.278. The number of benzene rings is 2. The summed E-state index contributed by atoms with van der Waals surface area (Å²) in [6.07, 6.45) is 2.17. The predicted octanol–water partition coefficient (Wildman–Crippen LogP) is 3.20. The number of carbonyl (C=O) groups is 1. The van der Waals surface area contributed by atoms with Crippen LogP contribution in [0.1, 0.15) is 30.0 Å². The first-order valence-corrected chi connectivity index (χ1v) is 7.99. The second kappa shape index (κ2) is 7.12. The van der Waals surface area contributed by atoms with Crippen molar-refractivity contribution in [3.8, 4) is 0 Å². The van der Waals surface area contributed by atoms with Gasteiger partial charge in [0.15, 0.2) is 0 Å². The van der Waals surface area contributed by atoms with Gasteiger partial charge in [0.25, 0.3) is 5.69 Å². The van der Waals surface area contributed by atoms with E-state index < -0.39 is 4.92 Å². The summed E-state index contributed by atoms with van der Waals surface area (Å²) in [5.41, 5.74) is 2.93. The molecule has 1 unspecified atom stereocenters. The van der Waals surface area contributed by atoms with Gasteiger partial charge in [-0.1, -0.05) is 36.4 Å². The van der Waals surface area contributed by atoms with Gasteiger partial charge in [-0.2, -0.15) is 0 Å². The number of hydrogen-bond donors (Lipinski definition) is 2. The van der Waals surface area contributed by atoms with Gasteiger partial charge in [0.05, 0.1) is 11.0 Å². The average molecular weight is 325 g/mol. The van der Waals surface area contributed by atoms with Crippen molar-refractivity contribution in [2.75, 3.05) is 11.9 Å². The van der Waals surface area contributed by atoms with Gasteiger partial charge in [-0.15, -0.1) is 0 Å². The second-order valence-electron chi connectivity index (χ2n) is 5.81. The monoisotopic (exact) mass is 325 g/mol. The first kappa shape index (κ1) is 16.0. The summed E-state index contributed by atoms with van der Waals surface area (Å²) in [6.45, 7) is 0.352. The standard InChI is InChI=1S/C18H19N3O3/c22-18(20-15-10-9-13-5-1-2-6-14(13)15)11-12-19-16-7-3-4-8-17(16)21(23)24/h1-8,15,19H,9-12H2,(H,20,22). The first-order chi connectivity index (χ1) is 11.6. The molecule has 6 heteroatoms. The lowest BCUT2D eigenvalue weighted by Crippen LogP contribution is -2.28. The van der Waals surface area contributed by atoms with Gasteiger partial charge in [0, 0.05) is 19.0 Å². The van der Waals surface area contributed by atoms with Gasteiger partial charge in [-0.25, -0.2) is 0 Å². The van der Waals surface area contributed by atoms with E-state index in [-0.39, 0.29) is 24.1 Å². The zero-order valence-electron chi connectivity index (χ0n) is 13.2. The Morgan fingerprint density at radius 2 is 1.92 bits per heavy atom. The Morgan fingerprint density at radius 3 is 2.75 bits per heavy atom. The molecule has 6 nitrogen and oxygen atoms in total. The summed E-state index contributed by atoms with van der Waals surface area (Å²) in [5.74, 6) is -0.0530. The van der Waals surface area contributed by atoms with Crippen molar-refractivity contribution in [1.29, 1.82) is 0 Å². The molecule has 1 aliphatic carbocycles. The minimum atomic E-state index is -0.433. The van der Waals surface area contributed by atoms with E-state index in [0.29, 0.717) is 12.2 Å². The van der Waals surface area contributed by atoms with Gasteiger partial charge in [0.2, 0.25) is 5.91 Å². The summed E-state index contributed by atoms with van der Waals surface area (Å²) in [6, 6.07) is 14.6. The van der Waals surface area contributed by atoms with Gasteiger partial charge in [0.1, 0.15) is 5.69 Å². The maximum Gasteiger partial charge on any atom is 0.292 e. The van der Waals surface area contributed by atoms with Crippen LogP contribution in [0, 0.1) is 10.1 Å². The van der Waals surface area contributed by atoms with E-state index in [1.807, 2.05) is 12.1 Å². The molecule has 0 bridgehead atoms. The minimum Gasteiger partial charge on any atom is -0.379 e. The number of nitrogens with one attached hydrogen (secondary N) is 2. The number of anilines is 1. The molecule has 0 aliphatic heterocycles. The van der Waals surface area contributed by atoms with Crippen LogP contribution >= 0.6 is 0 Å². The molecule has 0 spiro atoms. The van der Waals surface area contributed by atoms with Crippen molar-refractivity contribution < 1.29 is 9.72 Å². The Hall–Kier alpha value is -2.89. The van der Waals surface area contributed by atoms with Crippen LogP contribution in [0.3, 0.4) is 0 Å². The van der Waals surface area contributed by atoms with E-state index >= 15 is 0 Å². The number of aryl methyl sites for hydroxylation is 1. The molecule has 1 atom stereocenters. The SMILES string of the molecule is O=C(CCNc1ccccc1[N+](=O)[O-])NC1CCc2ccccc21. The smallest absolute Gasteiger partial charge is 0.292 e. The summed E-state index contributed by atoms with van der Waals surface area (Å²) < 4.78 is 0. The van der Waals surface area contributed by atoms with E-state index in [1.54, 1.807) is 18.2 Å². The van der Waals surface area contributed by atoms with Crippen molar-refractivity contribution in [3.05, 3.63) is 69.8 Å². The highest BCUT2D eigenvalue weighted by Gasteiger charge is 2.23. The Bertz CT molecular complexity index is 761. The number of fused-ring (bicyclic) bond motifs is 1.